The average molecular weight is 593 g/mol. The molecule has 0 bridgehead atoms. The van der Waals surface area contributed by atoms with E-state index in [1.807, 2.05) is 51.1 Å². The Hall–Kier alpha value is -3.54. The van der Waals surface area contributed by atoms with E-state index in [1.54, 1.807) is 29.9 Å². The standard InChI is InChI=1S/C31H40N6O4S/c1-5-12-25-27-28(36(4)34-25)30(38)33-29(32-27)24-20-23(15-16-26(24)41-19-6-2)42(39,40)35-31(3,37-17-10-11-18-37)21-22-13-8-7-9-14-22/h7-9,13-16,20,35H,5-6,10-12,17-19,21H2,1-4H3,(H,32,33,38). The van der Waals surface area contributed by atoms with E-state index in [2.05, 4.69) is 19.7 Å². The second kappa shape index (κ2) is 12.4. The molecule has 5 rings (SSSR count). The monoisotopic (exact) mass is 592 g/mol. The van der Waals surface area contributed by atoms with Crippen molar-refractivity contribution >= 4 is 21.1 Å². The molecule has 1 unspecified atom stereocenters. The average Bonchev–Trinajstić information content (AvgIpc) is 3.62. The summed E-state index contributed by atoms with van der Waals surface area (Å²) in [6.07, 6.45) is 4.84. The van der Waals surface area contributed by atoms with Crippen LogP contribution in [0.1, 0.15) is 57.7 Å². The summed E-state index contributed by atoms with van der Waals surface area (Å²) in [7, 11) is -2.27. The Morgan fingerprint density at radius 1 is 1.07 bits per heavy atom. The third kappa shape index (κ3) is 6.13. The Labute approximate surface area is 247 Å². The molecule has 1 atom stereocenters. The van der Waals surface area contributed by atoms with Crippen LogP contribution in [0.5, 0.6) is 5.75 Å². The van der Waals surface area contributed by atoms with Gasteiger partial charge in [-0.15, -0.1) is 0 Å². The zero-order valence-electron chi connectivity index (χ0n) is 24.8. The highest BCUT2D eigenvalue weighted by atomic mass is 32.2. The molecule has 10 nitrogen and oxygen atoms in total. The van der Waals surface area contributed by atoms with Crippen molar-refractivity contribution in [2.45, 2.75) is 69.9 Å². The van der Waals surface area contributed by atoms with Gasteiger partial charge >= 0.3 is 0 Å². The fourth-order valence-corrected chi connectivity index (χ4v) is 7.16. The number of nitrogens with zero attached hydrogens (tertiary/aromatic N) is 4. The molecule has 1 aliphatic rings. The quantitative estimate of drug-likeness (QED) is 0.250. The first-order valence-electron chi connectivity index (χ1n) is 14.7. The molecule has 224 valence electrons. The third-order valence-corrected chi connectivity index (χ3v) is 9.36. The van der Waals surface area contributed by atoms with Crippen molar-refractivity contribution in [2.24, 2.45) is 7.05 Å². The fourth-order valence-electron chi connectivity index (χ4n) is 5.74. The van der Waals surface area contributed by atoms with Gasteiger partial charge in [0, 0.05) is 13.5 Å². The van der Waals surface area contributed by atoms with Crippen LogP contribution in [-0.4, -0.2) is 58.4 Å². The lowest BCUT2D eigenvalue weighted by atomic mass is 10.0. The SMILES string of the molecule is CCCOc1ccc(S(=O)(=O)NC(C)(Cc2ccccc2)N2CCCC2)cc1-c1nc2c(CCC)nn(C)c2c(=O)[nH]1. The zero-order chi connectivity index (χ0) is 29.9. The maximum Gasteiger partial charge on any atom is 0.277 e. The number of aryl methyl sites for hydroxylation is 2. The van der Waals surface area contributed by atoms with Crippen molar-refractivity contribution in [3.05, 3.63) is 70.1 Å². The van der Waals surface area contributed by atoms with Crippen LogP contribution >= 0.6 is 0 Å². The van der Waals surface area contributed by atoms with Crippen molar-refractivity contribution in [1.29, 1.82) is 0 Å². The Kier molecular flexibility index (Phi) is 8.81. The largest absolute Gasteiger partial charge is 0.493 e. The molecule has 0 saturated carbocycles. The van der Waals surface area contributed by atoms with Gasteiger partial charge in [0.1, 0.15) is 17.1 Å². The summed E-state index contributed by atoms with van der Waals surface area (Å²) in [4.78, 5) is 23.1. The molecule has 4 aromatic rings. The Morgan fingerprint density at radius 2 is 1.81 bits per heavy atom. The first kappa shape index (κ1) is 29.9. The molecule has 0 amide bonds. The highest BCUT2D eigenvalue weighted by molar-refractivity contribution is 7.89. The highest BCUT2D eigenvalue weighted by Gasteiger charge is 2.38. The van der Waals surface area contributed by atoms with E-state index in [0.717, 1.165) is 50.0 Å². The molecule has 3 heterocycles. The second-order valence-corrected chi connectivity index (χ2v) is 12.9. The molecule has 42 heavy (non-hydrogen) atoms. The van der Waals surface area contributed by atoms with Crippen molar-refractivity contribution in [3.63, 3.8) is 0 Å². The van der Waals surface area contributed by atoms with Gasteiger partial charge in [0.2, 0.25) is 10.0 Å². The van der Waals surface area contributed by atoms with Gasteiger partial charge in [-0.05, 0) is 69.5 Å². The Balaban J connectivity index is 1.58. The van der Waals surface area contributed by atoms with Crippen molar-refractivity contribution < 1.29 is 13.2 Å². The lowest BCUT2D eigenvalue weighted by Gasteiger charge is -2.39. The number of hydrogen-bond donors (Lipinski definition) is 2. The summed E-state index contributed by atoms with van der Waals surface area (Å²) in [5, 5.41) is 4.51. The predicted molar refractivity (Wildman–Crippen MR) is 164 cm³/mol. The van der Waals surface area contributed by atoms with Gasteiger partial charge in [0.25, 0.3) is 5.56 Å². The van der Waals surface area contributed by atoms with Crippen LogP contribution in [-0.2, 0) is 29.9 Å². The molecular weight excluding hydrogens is 552 g/mol. The molecule has 2 aromatic heterocycles. The number of rotatable bonds is 12. The van der Waals surface area contributed by atoms with Gasteiger partial charge in [-0.2, -0.15) is 9.82 Å². The number of ether oxygens (including phenoxy) is 1. The van der Waals surface area contributed by atoms with Gasteiger partial charge < -0.3 is 9.72 Å². The van der Waals surface area contributed by atoms with Crippen LogP contribution in [0.4, 0.5) is 0 Å². The minimum Gasteiger partial charge on any atom is -0.493 e. The van der Waals surface area contributed by atoms with E-state index in [9.17, 15) is 13.2 Å². The van der Waals surface area contributed by atoms with Crippen LogP contribution < -0.4 is 15.0 Å². The minimum atomic E-state index is -3.99. The number of likely N-dealkylation sites (tertiary alicyclic amines) is 1. The summed E-state index contributed by atoms with van der Waals surface area (Å²) in [5.41, 5.74) is 1.90. The summed E-state index contributed by atoms with van der Waals surface area (Å²) < 4.78 is 38.7. The summed E-state index contributed by atoms with van der Waals surface area (Å²) in [6.45, 7) is 8.05. The van der Waals surface area contributed by atoms with Gasteiger partial charge in [0.15, 0.2) is 5.52 Å². The number of H-pyrrole nitrogens is 1. The normalized spacial score (nSPS) is 15.7. The van der Waals surface area contributed by atoms with Crippen LogP contribution in [0.3, 0.4) is 0 Å². The number of fused-ring (bicyclic) bond motifs is 1. The van der Waals surface area contributed by atoms with Gasteiger partial charge in [-0.25, -0.2) is 13.4 Å². The lowest BCUT2D eigenvalue weighted by molar-refractivity contribution is 0.122. The van der Waals surface area contributed by atoms with Gasteiger partial charge in [-0.1, -0.05) is 50.6 Å². The second-order valence-electron chi connectivity index (χ2n) is 11.2. The predicted octanol–water partition coefficient (Wildman–Crippen LogP) is 4.40. The molecule has 0 aliphatic carbocycles. The van der Waals surface area contributed by atoms with Crippen molar-refractivity contribution in [1.82, 2.24) is 29.4 Å². The molecule has 0 radical (unpaired) electrons. The number of sulfonamides is 1. The van der Waals surface area contributed by atoms with Crippen LogP contribution in [0.25, 0.3) is 22.4 Å². The van der Waals surface area contributed by atoms with Crippen LogP contribution in [0, 0.1) is 0 Å². The lowest BCUT2D eigenvalue weighted by Crippen LogP contribution is -2.59. The van der Waals surface area contributed by atoms with Gasteiger partial charge in [0.05, 0.1) is 28.4 Å². The molecular formula is C31H40N6O4S. The van der Waals surface area contributed by atoms with E-state index in [-0.39, 0.29) is 16.3 Å². The van der Waals surface area contributed by atoms with E-state index in [1.165, 1.54) is 0 Å². The van der Waals surface area contributed by atoms with E-state index >= 15 is 0 Å². The molecule has 1 saturated heterocycles. The van der Waals surface area contributed by atoms with E-state index < -0.39 is 15.7 Å². The van der Waals surface area contributed by atoms with Gasteiger partial charge in [-0.3, -0.25) is 14.4 Å². The molecule has 1 fully saturated rings. The third-order valence-electron chi connectivity index (χ3n) is 7.78. The number of benzene rings is 2. The zero-order valence-corrected chi connectivity index (χ0v) is 25.6. The Morgan fingerprint density at radius 3 is 2.50 bits per heavy atom. The Bertz CT molecular complexity index is 1710. The fraction of sp³-hybridized carbons (Fsp3) is 0.452. The molecule has 2 aromatic carbocycles. The van der Waals surface area contributed by atoms with E-state index in [4.69, 9.17) is 9.72 Å². The first-order valence-corrected chi connectivity index (χ1v) is 16.2. The molecule has 0 spiro atoms. The van der Waals surface area contributed by atoms with E-state index in [0.29, 0.717) is 41.8 Å². The smallest absolute Gasteiger partial charge is 0.277 e. The highest BCUT2D eigenvalue weighted by Crippen LogP contribution is 2.33. The number of nitrogens with one attached hydrogen (secondary N) is 2. The summed E-state index contributed by atoms with van der Waals surface area (Å²) in [6, 6.07) is 14.7. The number of hydrogen-bond acceptors (Lipinski definition) is 7. The molecule has 11 heteroatoms. The number of aromatic nitrogens is 4. The van der Waals surface area contributed by atoms with Crippen molar-refractivity contribution in [3.8, 4) is 17.1 Å². The number of aromatic amines is 1. The topological polar surface area (TPSA) is 122 Å². The summed E-state index contributed by atoms with van der Waals surface area (Å²) in [5.74, 6) is 0.693. The maximum atomic E-state index is 14.0. The van der Waals surface area contributed by atoms with Crippen LogP contribution in [0.15, 0.2) is 58.2 Å². The van der Waals surface area contributed by atoms with Crippen LogP contribution in [0.2, 0.25) is 0 Å². The first-order chi connectivity index (χ1) is 20.1. The van der Waals surface area contributed by atoms with Crippen molar-refractivity contribution in [2.75, 3.05) is 19.7 Å². The maximum absolute atomic E-state index is 14.0. The summed E-state index contributed by atoms with van der Waals surface area (Å²) >= 11 is 0. The molecule has 2 N–H and O–H groups in total. The molecule has 1 aliphatic heterocycles. The minimum absolute atomic E-state index is 0.0718.